The molecule has 0 saturated carbocycles. The molecule has 5 heteroatoms. The number of rotatable bonds is 7. The van der Waals surface area contributed by atoms with Gasteiger partial charge in [-0.3, -0.25) is 9.59 Å². The summed E-state index contributed by atoms with van der Waals surface area (Å²) in [7, 11) is 0. The molecule has 0 heterocycles. The highest BCUT2D eigenvalue weighted by Crippen LogP contribution is 2.04. The van der Waals surface area contributed by atoms with Crippen molar-refractivity contribution in [1.29, 1.82) is 0 Å². The summed E-state index contributed by atoms with van der Waals surface area (Å²) < 4.78 is 0. The van der Waals surface area contributed by atoms with Gasteiger partial charge in [0, 0.05) is 6.04 Å². The van der Waals surface area contributed by atoms with E-state index in [1.807, 2.05) is 6.92 Å². The normalized spacial score (nSPS) is 12.5. The van der Waals surface area contributed by atoms with Crippen LogP contribution in [0.4, 0.5) is 0 Å². The SMILES string of the molecule is CC(C)CC(C)NC(=O)CSCC(=O)O. The summed E-state index contributed by atoms with van der Waals surface area (Å²) in [4.78, 5) is 21.5. The molecule has 0 aliphatic carbocycles. The Kier molecular flexibility index (Phi) is 7.21. The third kappa shape index (κ3) is 9.59. The summed E-state index contributed by atoms with van der Waals surface area (Å²) in [6.45, 7) is 6.16. The average molecular weight is 233 g/mol. The third-order valence-electron chi connectivity index (χ3n) is 1.69. The second-order valence-electron chi connectivity index (χ2n) is 3.98. The molecule has 2 N–H and O–H groups in total. The molecule has 0 fully saturated rings. The molecular weight excluding hydrogens is 214 g/mol. The monoisotopic (exact) mass is 233 g/mol. The van der Waals surface area contributed by atoms with E-state index in [1.165, 1.54) is 0 Å². The second kappa shape index (κ2) is 7.56. The summed E-state index contributed by atoms with van der Waals surface area (Å²) in [5.74, 6) is -0.231. The van der Waals surface area contributed by atoms with Crippen molar-refractivity contribution in [3.63, 3.8) is 0 Å². The third-order valence-corrected chi connectivity index (χ3v) is 2.61. The van der Waals surface area contributed by atoms with Gasteiger partial charge in [-0.15, -0.1) is 11.8 Å². The van der Waals surface area contributed by atoms with Crippen LogP contribution in [0.2, 0.25) is 0 Å². The first-order valence-electron chi connectivity index (χ1n) is 5.00. The van der Waals surface area contributed by atoms with Gasteiger partial charge in [0.1, 0.15) is 0 Å². The van der Waals surface area contributed by atoms with Crippen LogP contribution >= 0.6 is 11.8 Å². The molecule has 0 bridgehead atoms. The molecule has 15 heavy (non-hydrogen) atoms. The minimum Gasteiger partial charge on any atom is -0.481 e. The summed E-state index contributed by atoms with van der Waals surface area (Å²) in [5.41, 5.74) is 0. The van der Waals surface area contributed by atoms with E-state index in [0.717, 1.165) is 18.2 Å². The number of carbonyl (C=O) groups excluding carboxylic acids is 1. The van der Waals surface area contributed by atoms with Crippen LogP contribution in [-0.4, -0.2) is 34.5 Å². The van der Waals surface area contributed by atoms with Crippen LogP contribution in [-0.2, 0) is 9.59 Å². The topological polar surface area (TPSA) is 66.4 Å². The summed E-state index contributed by atoms with van der Waals surface area (Å²) >= 11 is 1.12. The molecule has 1 unspecified atom stereocenters. The van der Waals surface area contributed by atoms with E-state index < -0.39 is 5.97 Å². The molecule has 1 amide bonds. The molecule has 0 aliphatic rings. The van der Waals surface area contributed by atoms with Crippen LogP contribution in [0.25, 0.3) is 0 Å². The lowest BCUT2D eigenvalue weighted by Gasteiger charge is -2.15. The van der Waals surface area contributed by atoms with E-state index in [9.17, 15) is 9.59 Å². The van der Waals surface area contributed by atoms with Crippen LogP contribution in [0.15, 0.2) is 0 Å². The number of carboxylic acid groups (broad SMARTS) is 1. The maximum atomic E-state index is 11.3. The van der Waals surface area contributed by atoms with Crippen LogP contribution in [0.3, 0.4) is 0 Å². The van der Waals surface area contributed by atoms with E-state index in [2.05, 4.69) is 19.2 Å². The molecule has 0 aromatic carbocycles. The fourth-order valence-electron chi connectivity index (χ4n) is 1.31. The number of nitrogens with one attached hydrogen (secondary N) is 1. The molecular formula is C10H19NO3S. The van der Waals surface area contributed by atoms with Gasteiger partial charge in [0.05, 0.1) is 11.5 Å². The van der Waals surface area contributed by atoms with Crippen molar-refractivity contribution < 1.29 is 14.7 Å². The lowest BCUT2D eigenvalue weighted by molar-refractivity contribution is -0.133. The first-order chi connectivity index (χ1) is 6.91. The number of carbonyl (C=O) groups is 2. The molecule has 0 saturated heterocycles. The lowest BCUT2D eigenvalue weighted by atomic mass is 10.1. The highest BCUT2D eigenvalue weighted by Gasteiger charge is 2.09. The Morgan fingerprint density at radius 3 is 2.33 bits per heavy atom. The largest absolute Gasteiger partial charge is 0.481 e. The van der Waals surface area contributed by atoms with Crippen LogP contribution < -0.4 is 5.32 Å². The summed E-state index contributed by atoms with van der Waals surface area (Å²) in [5, 5.41) is 11.2. The average Bonchev–Trinajstić information content (AvgIpc) is 2.00. The Labute approximate surface area is 94.8 Å². The fraction of sp³-hybridized carbons (Fsp3) is 0.800. The van der Waals surface area contributed by atoms with Gasteiger partial charge in [-0.2, -0.15) is 0 Å². The van der Waals surface area contributed by atoms with Gasteiger partial charge in [-0.1, -0.05) is 13.8 Å². The van der Waals surface area contributed by atoms with Crippen molar-refractivity contribution in [2.24, 2.45) is 5.92 Å². The molecule has 0 aromatic rings. The van der Waals surface area contributed by atoms with Gasteiger partial charge in [-0.05, 0) is 19.3 Å². The number of carboxylic acids is 1. The first kappa shape index (κ1) is 14.3. The molecule has 0 rings (SSSR count). The van der Waals surface area contributed by atoms with Crippen molar-refractivity contribution in [2.75, 3.05) is 11.5 Å². The minimum absolute atomic E-state index is 0.0218. The Morgan fingerprint density at radius 1 is 1.27 bits per heavy atom. The number of thioether (sulfide) groups is 1. The number of amides is 1. The molecule has 0 aliphatic heterocycles. The second-order valence-corrected chi connectivity index (χ2v) is 4.97. The zero-order valence-electron chi connectivity index (χ0n) is 9.45. The first-order valence-corrected chi connectivity index (χ1v) is 6.16. The maximum absolute atomic E-state index is 11.3. The van der Waals surface area contributed by atoms with Crippen LogP contribution in [0.5, 0.6) is 0 Å². The Bertz CT molecular complexity index is 219. The van der Waals surface area contributed by atoms with Gasteiger partial charge in [0.2, 0.25) is 5.91 Å². The van der Waals surface area contributed by atoms with E-state index in [4.69, 9.17) is 5.11 Å². The Balaban J connectivity index is 3.60. The number of aliphatic carboxylic acids is 1. The maximum Gasteiger partial charge on any atom is 0.313 e. The smallest absolute Gasteiger partial charge is 0.313 e. The van der Waals surface area contributed by atoms with Crippen LogP contribution in [0.1, 0.15) is 27.2 Å². The number of hydrogen-bond acceptors (Lipinski definition) is 3. The Morgan fingerprint density at radius 2 is 1.87 bits per heavy atom. The van der Waals surface area contributed by atoms with Gasteiger partial charge >= 0.3 is 5.97 Å². The van der Waals surface area contributed by atoms with Crippen molar-refractivity contribution in [3.8, 4) is 0 Å². The quantitative estimate of drug-likeness (QED) is 0.696. The minimum atomic E-state index is -0.886. The lowest BCUT2D eigenvalue weighted by Crippen LogP contribution is -2.34. The standard InChI is InChI=1S/C10H19NO3S/c1-7(2)4-8(3)11-9(12)5-15-6-10(13)14/h7-8H,4-6H2,1-3H3,(H,11,12)(H,13,14). The van der Waals surface area contributed by atoms with E-state index in [0.29, 0.717) is 5.92 Å². The molecule has 0 spiro atoms. The predicted molar refractivity (Wildman–Crippen MR) is 62.0 cm³/mol. The van der Waals surface area contributed by atoms with Gasteiger partial charge in [-0.25, -0.2) is 0 Å². The van der Waals surface area contributed by atoms with Crippen molar-refractivity contribution in [1.82, 2.24) is 5.32 Å². The van der Waals surface area contributed by atoms with E-state index in [-0.39, 0.29) is 23.5 Å². The molecule has 4 nitrogen and oxygen atoms in total. The van der Waals surface area contributed by atoms with E-state index in [1.54, 1.807) is 0 Å². The van der Waals surface area contributed by atoms with Crippen molar-refractivity contribution in [2.45, 2.75) is 33.2 Å². The summed E-state index contributed by atoms with van der Waals surface area (Å²) in [6, 6.07) is 0.155. The van der Waals surface area contributed by atoms with Crippen LogP contribution in [0, 0.1) is 5.92 Å². The van der Waals surface area contributed by atoms with Crippen molar-refractivity contribution >= 4 is 23.6 Å². The molecule has 88 valence electrons. The molecule has 0 aromatic heterocycles. The Hall–Kier alpha value is -0.710. The van der Waals surface area contributed by atoms with Gasteiger partial charge < -0.3 is 10.4 Å². The summed E-state index contributed by atoms with van der Waals surface area (Å²) in [6.07, 6.45) is 0.940. The highest BCUT2D eigenvalue weighted by atomic mass is 32.2. The zero-order chi connectivity index (χ0) is 11.8. The van der Waals surface area contributed by atoms with E-state index >= 15 is 0 Å². The molecule has 1 atom stereocenters. The van der Waals surface area contributed by atoms with Crippen molar-refractivity contribution in [3.05, 3.63) is 0 Å². The fourth-order valence-corrected chi connectivity index (χ4v) is 1.86. The zero-order valence-corrected chi connectivity index (χ0v) is 10.3. The number of hydrogen-bond donors (Lipinski definition) is 2. The van der Waals surface area contributed by atoms with Gasteiger partial charge in [0.25, 0.3) is 0 Å². The molecule has 0 radical (unpaired) electrons. The van der Waals surface area contributed by atoms with Gasteiger partial charge in [0.15, 0.2) is 0 Å². The highest BCUT2D eigenvalue weighted by molar-refractivity contribution is 8.00. The predicted octanol–water partition coefficient (Wildman–Crippen LogP) is 1.35.